The third-order valence-corrected chi connectivity index (χ3v) is 0.985. The first-order valence-electron chi connectivity index (χ1n) is 2.78. The molecule has 0 spiro atoms. The van der Waals surface area contributed by atoms with E-state index in [4.69, 9.17) is 10.2 Å². The molecule has 0 aromatic carbocycles. The first kappa shape index (κ1) is 7.50. The van der Waals surface area contributed by atoms with Crippen LogP contribution in [0.15, 0.2) is 12.3 Å². The van der Waals surface area contributed by atoms with Crippen molar-refractivity contribution < 1.29 is 10.2 Å². The smallest absolute Gasteiger partial charge is 0.0752 e. The fourth-order valence-corrected chi connectivity index (χ4v) is 0.385. The van der Waals surface area contributed by atoms with Crippen molar-refractivity contribution in [1.82, 2.24) is 0 Å². The Morgan fingerprint density at radius 2 is 2.25 bits per heavy atom. The maximum absolute atomic E-state index is 8.83. The minimum Gasteiger partial charge on any atom is -0.516 e. The van der Waals surface area contributed by atoms with Crippen LogP contribution in [0.5, 0.6) is 0 Å². The Labute approximate surface area is 49.5 Å². The molecule has 48 valence electrons. The molecule has 0 saturated heterocycles. The fourth-order valence-electron chi connectivity index (χ4n) is 0.385. The Balaban J connectivity index is 3.10. The first-order valence-corrected chi connectivity index (χ1v) is 2.78. The fraction of sp³-hybridized carbons (Fsp3) is 0.667. The summed E-state index contributed by atoms with van der Waals surface area (Å²) in [5, 5.41) is 16.9. The molecule has 0 amide bonds. The number of hydrogen-bond donors (Lipinski definition) is 2. The van der Waals surface area contributed by atoms with Crippen LogP contribution in [0.4, 0.5) is 0 Å². The Morgan fingerprint density at radius 3 is 2.62 bits per heavy atom. The SMILES string of the molecule is CCC(O)CC=CO. The Bertz CT molecular complexity index is 68.9. The Morgan fingerprint density at radius 1 is 1.62 bits per heavy atom. The lowest BCUT2D eigenvalue weighted by atomic mass is 10.2. The lowest BCUT2D eigenvalue weighted by Crippen LogP contribution is -2.00. The summed E-state index contributed by atoms with van der Waals surface area (Å²) < 4.78 is 0. The van der Waals surface area contributed by atoms with Gasteiger partial charge in [-0.1, -0.05) is 6.92 Å². The number of rotatable bonds is 3. The van der Waals surface area contributed by atoms with Crippen LogP contribution >= 0.6 is 0 Å². The Hall–Kier alpha value is -0.500. The van der Waals surface area contributed by atoms with Crippen molar-refractivity contribution in [3.8, 4) is 0 Å². The summed E-state index contributed by atoms with van der Waals surface area (Å²) in [5.41, 5.74) is 0. The van der Waals surface area contributed by atoms with Gasteiger partial charge in [0.25, 0.3) is 0 Å². The normalized spacial score (nSPS) is 14.8. The van der Waals surface area contributed by atoms with E-state index in [0.29, 0.717) is 6.42 Å². The van der Waals surface area contributed by atoms with E-state index in [1.165, 1.54) is 6.08 Å². The second kappa shape index (κ2) is 4.65. The zero-order valence-electron chi connectivity index (χ0n) is 5.04. The van der Waals surface area contributed by atoms with E-state index >= 15 is 0 Å². The highest BCUT2D eigenvalue weighted by Gasteiger charge is 1.93. The molecule has 0 heterocycles. The van der Waals surface area contributed by atoms with E-state index in [9.17, 15) is 0 Å². The van der Waals surface area contributed by atoms with Gasteiger partial charge in [0.2, 0.25) is 0 Å². The van der Waals surface area contributed by atoms with Crippen LogP contribution in [0.25, 0.3) is 0 Å². The summed E-state index contributed by atoms with van der Waals surface area (Å²) in [5.74, 6) is 0. The van der Waals surface area contributed by atoms with Crippen molar-refractivity contribution in [3.05, 3.63) is 12.3 Å². The summed E-state index contributed by atoms with van der Waals surface area (Å²) in [6, 6.07) is 0. The van der Waals surface area contributed by atoms with Crippen LogP contribution in [0.3, 0.4) is 0 Å². The summed E-state index contributed by atoms with van der Waals surface area (Å²) in [7, 11) is 0. The van der Waals surface area contributed by atoms with Crippen molar-refractivity contribution in [2.75, 3.05) is 0 Å². The average Bonchev–Trinajstić information content (AvgIpc) is 1.83. The van der Waals surface area contributed by atoms with Crippen LogP contribution < -0.4 is 0 Å². The zero-order chi connectivity index (χ0) is 6.41. The third kappa shape index (κ3) is 3.68. The molecule has 0 aliphatic heterocycles. The maximum Gasteiger partial charge on any atom is 0.0752 e. The van der Waals surface area contributed by atoms with Gasteiger partial charge in [0.05, 0.1) is 12.4 Å². The van der Waals surface area contributed by atoms with Crippen LogP contribution in [0.1, 0.15) is 19.8 Å². The van der Waals surface area contributed by atoms with Crippen LogP contribution in [0.2, 0.25) is 0 Å². The lowest BCUT2D eigenvalue weighted by molar-refractivity contribution is 0.173. The van der Waals surface area contributed by atoms with Crippen molar-refractivity contribution in [2.24, 2.45) is 0 Å². The van der Waals surface area contributed by atoms with E-state index in [1.54, 1.807) is 0 Å². The van der Waals surface area contributed by atoms with Crippen LogP contribution in [-0.4, -0.2) is 16.3 Å². The highest BCUT2D eigenvalue weighted by Crippen LogP contribution is 1.95. The van der Waals surface area contributed by atoms with Gasteiger partial charge in [-0.15, -0.1) is 0 Å². The average molecular weight is 116 g/mol. The van der Waals surface area contributed by atoms with E-state index < -0.39 is 0 Å². The first-order chi connectivity index (χ1) is 3.81. The maximum atomic E-state index is 8.83. The predicted octanol–water partition coefficient (Wildman–Crippen LogP) is 1.22. The largest absolute Gasteiger partial charge is 0.516 e. The molecular formula is C6H12O2. The topological polar surface area (TPSA) is 40.5 Å². The standard InChI is InChI=1S/C6H12O2/c1-2-6(8)4-3-5-7/h3,5-8H,2,4H2,1H3. The highest BCUT2D eigenvalue weighted by atomic mass is 16.3. The van der Waals surface area contributed by atoms with Gasteiger partial charge in [-0.3, -0.25) is 0 Å². The van der Waals surface area contributed by atoms with Gasteiger partial charge < -0.3 is 10.2 Å². The molecule has 8 heavy (non-hydrogen) atoms. The van der Waals surface area contributed by atoms with Gasteiger partial charge in [-0.05, 0) is 18.9 Å². The van der Waals surface area contributed by atoms with E-state index in [-0.39, 0.29) is 6.10 Å². The van der Waals surface area contributed by atoms with E-state index in [1.807, 2.05) is 6.92 Å². The molecule has 1 atom stereocenters. The minimum atomic E-state index is -0.293. The van der Waals surface area contributed by atoms with Crippen molar-refractivity contribution >= 4 is 0 Å². The summed E-state index contributed by atoms with van der Waals surface area (Å²) in [6.45, 7) is 1.90. The summed E-state index contributed by atoms with van der Waals surface area (Å²) in [6.07, 6.45) is 3.49. The van der Waals surface area contributed by atoms with Crippen LogP contribution in [0, 0.1) is 0 Å². The number of aliphatic hydroxyl groups is 2. The highest BCUT2D eigenvalue weighted by molar-refractivity contribution is 4.74. The quantitative estimate of drug-likeness (QED) is 0.544. The molecule has 0 saturated carbocycles. The van der Waals surface area contributed by atoms with Crippen molar-refractivity contribution in [3.63, 3.8) is 0 Å². The molecule has 2 N–H and O–H groups in total. The molecule has 0 aliphatic rings. The minimum absolute atomic E-state index is 0.293. The van der Waals surface area contributed by atoms with E-state index in [2.05, 4.69) is 0 Å². The predicted molar refractivity (Wildman–Crippen MR) is 32.7 cm³/mol. The Kier molecular flexibility index (Phi) is 4.36. The summed E-state index contributed by atoms with van der Waals surface area (Å²) in [4.78, 5) is 0. The van der Waals surface area contributed by atoms with Gasteiger partial charge in [0, 0.05) is 0 Å². The molecule has 0 bridgehead atoms. The van der Waals surface area contributed by atoms with Crippen molar-refractivity contribution in [2.45, 2.75) is 25.9 Å². The van der Waals surface area contributed by atoms with Crippen molar-refractivity contribution in [1.29, 1.82) is 0 Å². The van der Waals surface area contributed by atoms with Gasteiger partial charge in [-0.25, -0.2) is 0 Å². The van der Waals surface area contributed by atoms with Crippen LogP contribution in [-0.2, 0) is 0 Å². The molecular weight excluding hydrogens is 104 g/mol. The number of aliphatic hydroxyl groups excluding tert-OH is 2. The molecule has 0 radical (unpaired) electrons. The van der Waals surface area contributed by atoms with Gasteiger partial charge in [-0.2, -0.15) is 0 Å². The molecule has 0 aromatic rings. The molecule has 1 unspecified atom stereocenters. The molecule has 0 rings (SSSR count). The van der Waals surface area contributed by atoms with Gasteiger partial charge in [0.15, 0.2) is 0 Å². The molecule has 2 heteroatoms. The van der Waals surface area contributed by atoms with Gasteiger partial charge in [0.1, 0.15) is 0 Å². The summed E-state index contributed by atoms with van der Waals surface area (Å²) >= 11 is 0. The second-order valence-corrected chi connectivity index (χ2v) is 1.68. The van der Waals surface area contributed by atoms with Gasteiger partial charge >= 0.3 is 0 Å². The van der Waals surface area contributed by atoms with E-state index in [0.717, 1.165) is 12.7 Å². The molecule has 0 aromatic heterocycles. The molecule has 0 fully saturated rings. The second-order valence-electron chi connectivity index (χ2n) is 1.68. The molecule has 0 aliphatic carbocycles. The lowest BCUT2D eigenvalue weighted by Gasteiger charge is -1.99. The monoisotopic (exact) mass is 116 g/mol. The number of hydrogen-bond acceptors (Lipinski definition) is 2. The molecule has 2 nitrogen and oxygen atoms in total. The third-order valence-electron chi connectivity index (χ3n) is 0.985. The zero-order valence-corrected chi connectivity index (χ0v) is 5.04.